The van der Waals surface area contributed by atoms with Crippen LogP contribution in [-0.2, 0) is 17.8 Å². The minimum Gasteiger partial charge on any atom is -0.481 e. The van der Waals surface area contributed by atoms with Crippen LogP contribution in [0.1, 0.15) is 5.56 Å². The first-order chi connectivity index (χ1) is 9.15. The van der Waals surface area contributed by atoms with Gasteiger partial charge in [0.15, 0.2) is 0 Å². The van der Waals surface area contributed by atoms with E-state index in [4.69, 9.17) is 16.7 Å². The average molecular weight is 299 g/mol. The number of carbonyl (C=O) groups is 1. The summed E-state index contributed by atoms with van der Waals surface area (Å²) in [5.41, 5.74) is 1.12. The number of tetrazole rings is 1. The highest BCUT2D eigenvalue weighted by molar-refractivity contribution is 7.99. The van der Waals surface area contributed by atoms with E-state index in [-0.39, 0.29) is 5.75 Å². The van der Waals surface area contributed by atoms with E-state index in [1.807, 2.05) is 24.3 Å². The molecular formula is C11H11ClN4O2S. The van der Waals surface area contributed by atoms with E-state index in [0.29, 0.717) is 16.7 Å². The van der Waals surface area contributed by atoms with Gasteiger partial charge in [0.2, 0.25) is 5.16 Å². The van der Waals surface area contributed by atoms with Gasteiger partial charge in [0, 0.05) is 11.6 Å². The first-order valence-corrected chi connectivity index (χ1v) is 6.86. The van der Waals surface area contributed by atoms with Gasteiger partial charge in [0.25, 0.3) is 0 Å². The molecule has 1 aromatic carbocycles. The molecule has 0 saturated carbocycles. The SMILES string of the molecule is O=C(O)CSc1nnnn1CCc1ccc(Cl)cc1. The molecule has 0 unspecified atom stereocenters. The molecular weight excluding hydrogens is 288 g/mol. The van der Waals surface area contributed by atoms with E-state index in [0.717, 1.165) is 23.7 Å². The molecule has 0 bridgehead atoms. The van der Waals surface area contributed by atoms with Gasteiger partial charge in [-0.2, -0.15) is 0 Å². The lowest BCUT2D eigenvalue weighted by Crippen LogP contribution is -2.07. The predicted molar refractivity (Wildman–Crippen MR) is 71.3 cm³/mol. The number of halogens is 1. The Kier molecular flexibility index (Phi) is 4.75. The Bertz CT molecular complexity index is 558. The molecule has 6 nitrogen and oxygen atoms in total. The number of nitrogens with zero attached hydrogens (tertiary/aromatic N) is 4. The third-order valence-corrected chi connectivity index (χ3v) is 3.54. The van der Waals surface area contributed by atoms with Gasteiger partial charge >= 0.3 is 5.97 Å². The number of carboxylic acid groups (broad SMARTS) is 1. The van der Waals surface area contributed by atoms with Gasteiger partial charge in [-0.3, -0.25) is 4.79 Å². The molecule has 0 aliphatic carbocycles. The van der Waals surface area contributed by atoms with Crippen molar-refractivity contribution >= 4 is 29.3 Å². The smallest absolute Gasteiger partial charge is 0.313 e. The highest BCUT2D eigenvalue weighted by Crippen LogP contribution is 2.14. The van der Waals surface area contributed by atoms with E-state index in [9.17, 15) is 4.79 Å². The van der Waals surface area contributed by atoms with Gasteiger partial charge in [0.05, 0.1) is 5.75 Å². The molecule has 1 heterocycles. The summed E-state index contributed by atoms with van der Waals surface area (Å²) in [5, 5.41) is 21.0. The maximum Gasteiger partial charge on any atom is 0.313 e. The second-order valence-corrected chi connectivity index (χ2v) is 5.12. The summed E-state index contributed by atoms with van der Waals surface area (Å²) in [7, 11) is 0. The van der Waals surface area contributed by atoms with Crippen molar-refractivity contribution in [2.24, 2.45) is 0 Å². The Morgan fingerprint density at radius 2 is 2.11 bits per heavy atom. The molecule has 0 atom stereocenters. The van der Waals surface area contributed by atoms with Crippen LogP contribution in [0.4, 0.5) is 0 Å². The lowest BCUT2D eigenvalue weighted by Gasteiger charge is -2.03. The molecule has 0 aliphatic rings. The van der Waals surface area contributed by atoms with Crippen LogP contribution in [0.15, 0.2) is 29.4 Å². The number of carboxylic acids is 1. The van der Waals surface area contributed by atoms with Crippen molar-refractivity contribution in [3.63, 3.8) is 0 Å². The van der Waals surface area contributed by atoms with E-state index in [1.54, 1.807) is 4.68 Å². The summed E-state index contributed by atoms with van der Waals surface area (Å²) in [6.07, 6.45) is 0.753. The lowest BCUT2D eigenvalue weighted by atomic mass is 10.1. The van der Waals surface area contributed by atoms with Gasteiger partial charge in [-0.05, 0) is 34.5 Å². The Balaban J connectivity index is 1.94. The topological polar surface area (TPSA) is 80.9 Å². The quantitative estimate of drug-likeness (QED) is 0.818. The van der Waals surface area contributed by atoms with Crippen molar-refractivity contribution in [1.82, 2.24) is 20.2 Å². The van der Waals surface area contributed by atoms with E-state index in [2.05, 4.69) is 15.5 Å². The maximum absolute atomic E-state index is 10.5. The second kappa shape index (κ2) is 6.53. The van der Waals surface area contributed by atoms with Crippen LogP contribution < -0.4 is 0 Å². The molecule has 100 valence electrons. The zero-order valence-electron chi connectivity index (χ0n) is 9.86. The van der Waals surface area contributed by atoms with Crippen molar-refractivity contribution in [3.8, 4) is 0 Å². The third kappa shape index (κ3) is 4.22. The number of aromatic nitrogens is 4. The van der Waals surface area contributed by atoms with Crippen molar-refractivity contribution in [3.05, 3.63) is 34.9 Å². The first-order valence-electron chi connectivity index (χ1n) is 5.50. The van der Waals surface area contributed by atoms with Gasteiger partial charge in [-0.1, -0.05) is 35.5 Å². The molecule has 19 heavy (non-hydrogen) atoms. The van der Waals surface area contributed by atoms with Crippen LogP contribution >= 0.6 is 23.4 Å². The van der Waals surface area contributed by atoms with Gasteiger partial charge in [0.1, 0.15) is 0 Å². The molecule has 2 aromatic rings. The average Bonchev–Trinajstić information content (AvgIpc) is 2.83. The Morgan fingerprint density at radius 1 is 1.37 bits per heavy atom. The number of aryl methyl sites for hydroxylation is 2. The fraction of sp³-hybridized carbons (Fsp3) is 0.273. The molecule has 0 radical (unpaired) electrons. The second-order valence-electron chi connectivity index (χ2n) is 3.74. The predicted octanol–water partition coefficient (Wildman–Crippen LogP) is 1.75. The van der Waals surface area contributed by atoms with Crippen LogP contribution in [-0.4, -0.2) is 37.0 Å². The molecule has 8 heteroatoms. The largest absolute Gasteiger partial charge is 0.481 e. The molecule has 1 N–H and O–H groups in total. The Morgan fingerprint density at radius 3 is 2.79 bits per heavy atom. The Hall–Kier alpha value is -1.60. The van der Waals surface area contributed by atoms with E-state index >= 15 is 0 Å². The van der Waals surface area contributed by atoms with Crippen LogP contribution in [0, 0.1) is 0 Å². The molecule has 0 fully saturated rings. The van der Waals surface area contributed by atoms with Crippen molar-refractivity contribution in [2.45, 2.75) is 18.1 Å². The summed E-state index contributed by atoms with van der Waals surface area (Å²) in [6.45, 7) is 0.594. The molecule has 0 aliphatic heterocycles. The van der Waals surface area contributed by atoms with Crippen molar-refractivity contribution < 1.29 is 9.90 Å². The number of benzene rings is 1. The van der Waals surface area contributed by atoms with Crippen molar-refractivity contribution in [2.75, 3.05) is 5.75 Å². The van der Waals surface area contributed by atoms with Crippen LogP contribution in [0.2, 0.25) is 5.02 Å². The van der Waals surface area contributed by atoms with Gasteiger partial charge in [-0.25, -0.2) is 4.68 Å². The zero-order valence-corrected chi connectivity index (χ0v) is 11.4. The Labute approximate surface area is 118 Å². The molecule has 0 amide bonds. The zero-order chi connectivity index (χ0) is 13.7. The number of aliphatic carboxylic acids is 1. The fourth-order valence-electron chi connectivity index (χ4n) is 1.45. The summed E-state index contributed by atoms with van der Waals surface area (Å²) < 4.78 is 1.60. The maximum atomic E-state index is 10.5. The van der Waals surface area contributed by atoms with Gasteiger partial charge < -0.3 is 5.11 Å². The van der Waals surface area contributed by atoms with Gasteiger partial charge in [-0.15, -0.1) is 5.10 Å². The van der Waals surface area contributed by atoms with E-state index < -0.39 is 5.97 Å². The highest BCUT2D eigenvalue weighted by atomic mass is 35.5. The minimum atomic E-state index is -0.891. The molecule has 0 spiro atoms. The highest BCUT2D eigenvalue weighted by Gasteiger charge is 2.09. The van der Waals surface area contributed by atoms with E-state index in [1.165, 1.54) is 0 Å². The molecule has 2 rings (SSSR count). The first kappa shape index (κ1) is 13.8. The fourth-order valence-corrected chi connectivity index (χ4v) is 2.20. The van der Waals surface area contributed by atoms with Crippen molar-refractivity contribution in [1.29, 1.82) is 0 Å². The summed E-state index contributed by atoms with van der Waals surface area (Å²) >= 11 is 6.92. The lowest BCUT2D eigenvalue weighted by molar-refractivity contribution is -0.133. The minimum absolute atomic E-state index is 0.0542. The number of hydrogen-bond acceptors (Lipinski definition) is 5. The summed E-state index contributed by atoms with van der Waals surface area (Å²) in [6, 6.07) is 7.54. The number of hydrogen-bond donors (Lipinski definition) is 1. The normalized spacial score (nSPS) is 10.6. The van der Waals surface area contributed by atoms with Crippen LogP contribution in [0.3, 0.4) is 0 Å². The standard InChI is InChI=1S/C11H11ClN4O2S/c12-9-3-1-8(2-4-9)5-6-16-11(13-14-15-16)19-7-10(17)18/h1-4H,5-7H2,(H,17,18). The third-order valence-electron chi connectivity index (χ3n) is 2.35. The van der Waals surface area contributed by atoms with Crippen LogP contribution in [0.25, 0.3) is 0 Å². The molecule has 0 saturated heterocycles. The molecule has 1 aromatic heterocycles. The number of rotatable bonds is 6. The summed E-state index contributed by atoms with van der Waals surface area (Å²) in [4.78, 5) is 10.5. The summed E-state index contributed by atoms with van der Waals surface area (Å²) in [5.74, 6) is -0.946. The monoisotopic (exact) mass is 298 g/mol. The van der Waals surface area contributed by atoms with Crippen LogP contribution in [0.5, 0.6) is 0 Å². The number of thioether (sulfide) groups is 1.